The molecule has 5 nitrogen and oxygen atoms in total. The second-order valence-electron chi connectivity index (χ2n) is 3.22. The molecule has 0 bridgehead atoms. The van der Waals surface area contributed by atoms with Gasteiger partial charge in [-0.2, -0.15) is 0 Å². The van der Waals surface area contributed by atoms with Crippen molar-refractivity contribution in [3.8, 4) is 0 Å². The van der Waals surface area contributed by atoms with Crippen LogP contribution < -0.4 is 5.32 Å². The number of nitrogens with zero attached hydrogens (tertiary/aromatic N) is 1. The van der Waals surface area contributed by atoms with Gasteiger partial charge in [0.2, 0.25) is 0 Å². The summed E-state index contributed by atoms with van der Waals surface area (Å²) >= 11 is 0. The molecule has 1 fully saturated rings. The minimum atomic E-state index is -0.380. The largest absolute Gasteiger partial charge is 0.358 e. The van der Waals surface area contributed by atoms with Crippen LogP contribution in [0, 0.1) is 10.1 Å². The van der Waals surface area contributed by atoms with E-state index in [-0.39, 0.29) is 16.7 Å². The summed E-state index contributed by atoms with van der Waals surface area (Å²) in [6.07, 6.45) is 3.63. The summed E-state index contributed by atoms with van der Waals surface area (Å²) in [5.74, 6) is 0. The first-order valence-corrected chi connectivity index (χ1v) is 4.33. The Hall–Kier alpha value is -1.36. The summed E-state index contributed by atoms with van der Waals surface area (Å²) in [6, 6.07) is 1.87. The van der Waals surface area contributed by atoms with Gasteiger partial charge in [0.25, 0.3) is 5.69 Å². The summed E-state index contributed by atoms with van der Waals surface area (Å²) in [4.78, 5) is 12.9. The smallest absolute Gasteiger partial charge is 0.287 e. The van der Waals surface area contributed by atoms with E-state index in [2.05, 4.69) is 10.3 Å². The van der Waals surface area contributed by atoms with Gasteiger partial charge >= 0.3 is 0 Å². The summed E-state index contributed by atoms with van der Waals surface area (Å²) in [6.45, 7) is 0.998. The van der Waals surface area contributed by atoms with Gasteiger partial charge in [-0.3, -0.25) is 10.1 Å². The molecular formula is C8H11N3O2. The van der Waals surface area contributed by atoms with E-state index in [0.29, 0.717) is 0 Å². The molecule has 1 aromatic rings. The van der Waals surface area contributed by atoms with Crippen LogP contribution in [-0.4, -0.2) is 16.5 Å². The maximum Gasteiger partial charge on any atom is 0.287 e. The fourth-order valence-electron chi connectivity index (χ4n) is 1.66. The minimum Gasteiger partial charge on any atom is -0.358 e. The zero-order valence-electron chi connectivity index (χ0n) is 7.12. The van der Waals surface area contributed by atoms with Crippen molar-refractivity contribution in [1.29, 1.82) is 0 Å². The van der Waals surface area contributed by atoms with Crippen molar-refractivity contribution in [3.05, 3.63) is 28.1 Å². The Labute approximate surface area is 75.3 Å². The summed E-state index contributed by atoms with van der Waals surface area (Å²) in [5.41, 5.74) is 1.06. The van der Waals surface area contributed by atoms with Gasteiger partial charge in [-0.05, 0) is 19.4 Å². The lowest BCUT2D eigenvalue weighted by Crippen LogP contribution is -2.12. The molecule has 2 rings (SSSR count). The van der Waals surface area contributed by atoms with Crippen LogP contribution in [0.15, 0.2) is 12.3 Å². The highest BCUT2D eigenvalue weighted by molar-refractivity contribution is 5.31. The number of hydrogen-bond donors (Lipinski definition) is 2. The summed E-state index contributed by atoms with van der Waals surface area (Å²) < 4.78 is 0. The molecule has 0 aromatic carbocycles. The lowest BCUT2D eigenvalue weighted by atomic mass is 10.2. The van der Waals surface area contributed by atoms with Gasteiger partial charge < -0.3 is 10.3 Å². The van der Waals surface area contributed by atoms with Crippen LogP contribution in [0.5, 0.6) is 0 Å². The van der Waals surface area contributed by atoms with Crippen LogP contribution in [0.2, 0.25) is 0 Å². The molecule has 1 aromatic heterocycles. The maximum absolute atomic E-state index is 10.4. The Morgan fingerprint density at radius 3 is 3.00 bits per heavy atom. The maximum atomic E-state index is 10.4. The fraction of sp³-hybridized carbons (Fsp3) is 0.500. The fourth-order valence-corrected chi connectivity index (χ4v) is 1.66. The van der Waals surface area contributed by atoms with E-state index in [0.717, 1.165) is 25.1 Å². The molecule has 1 atom stereocenters. The van der Waals surface area contributed by atoms with Gasteiger partial charge in [0, 0.05) is 17.8 Å². The van der Waals surface area contributed by atoms with E-state index >= 15 is 0 Å². The van der Waals surface area contributed by atoms with Crippen LogP contribution in [0.4, 0.5) is 5.69 Å². The highest BCUT2D eigenvalue weighted by Gasteiger charge is 2.19. The van der Waals surface area contributed by atoms with Gasteiger partial charge in [-0.15, -0.1) is 0 Å². The molecule has 0 saturated carbocycles. The van der Waals surface area contributed by atoms with Crippen molar-refractivity contribution in [2.24, 2.45) is 0 Å². The predicted octanol–water partition coefficient (Wildman–Crippen LogP) is 1.35. The van der Waals surface area contributed by atoms with Crippen LogP contribution >= 0.6 is 0 Å². The zero-order chi connectivity index (χ0) is 9.26. The van der Waals surface area contributed by atoms with Gasteiger partial charge in [0.15, 0.2) is 0 Å². The molecule has 1 saturated heterocycles. The Morgan fingerprint density at radius 2 is 2.46 bits per heavy atom. The van der Waals surface area contributed by atoms with Crippen LogP contribution in [0.3, 0.4) is 0 Å². The van der Waals surface area contributed by atoms with E-state index in [1.807, 2.05) is 0 Å². The van der Waals surface area contributed by atoms with Gasteiger partial charge in [-0.25, -0.2) is 0 Å². The quantitative estimate of drug-likeness (QED) is 0.534. The first kappa shape index (κ1) is 8.25. The number of nitrogens with one attached hydrogen (secondary N) is 2. The molecule has 70 valence electrons. The molecule has 0 unspecified atom stereocenters. The van der Waals surface area contributed by atoms with Gasteiger partial charge in [0.1, 0.15) is 0 Å². The minimum absolute atomic E-state index is 0.142. The number of aromatic nitrogens is 1. The lowest BCUT2D eigenvalue weighted by Gasteiger charge is -2.05. The van der Waals surface area contributed by atoms with Crippen molar-refractivity contribution in [1.82, 2.24) is 10.3 Å². The first-order chi connectivity index (χ1) is 6.27. The van der Waals surface area contributed by atoms with Crippen molar-refractivity contribution < 1.29 is 4.92 Å². The summed E-state index contributed by atoms with van der Waals surface area (Å²) in [5, 5.41) is 13.7. The lowest BCUT2D eigenvalue weighted by molar-refractivity contribution is -0.384. The molecule has 0 aliphatic carbocycles. The Balaban J connectivity index is 2.16. The highest BCUT2D eigenvalue weighted by Crippen LogP contribution is 2.24. The number of H-pyrrole nitrogens is 1. The average molecular weight is 181 g/mol. The standard InChI is InChI=1S/C8H11N3O2/c12-11(13)6-4-8(10-5-6)7-2-1-3-9-7/h4-5,7,9-10H,1-3H2/t7-/m1/s1. The van der Waals surface area contributed by atoms with E-state index in [4.69, 9.17) is 0 Å². The second kappa shape index (κ2) is 3.18. The number of nitro groups is 1. The molecule has 1 aliphatic rings. The predicted molar refractivity (Wildman–Crippen MR) is 47.4 cm³/mol. The van der Waals surface area contributed by atoms with Crippen molar-refractivity contribution in [2.75, 3.05) is 6.54 Å². The van der Waals surface area contributed by atoms with Crippen molar-refractivity contribution in [2.45, 2.75) is 18.9 Å². The van der Waals surface area contributed by atoms with Crippen molar-refractivity contribution >= 4 is 5.69 Å². The molecule has 2 heterocycles. The third kappa shape index (κ3) is 1.55. The summed E-state index contributed by atoms with van der Waals surface area (Å²) in [7, 11) is 0. The van der Waals surface area contributed by atoms with E-state index in [9.17, 15) is 10.1 Å². The third-order valence-corrected chi connectivity index (χ3v) is 2.34. The molecule has 13 heavy (non-hydrogen) atoms. The van der Waals surface area contributed by atoms with Crippen molar-refractivity contribution in [3.63, 3.8) is 0 Å². The number of aromatic amines is 1. The normalized spacial score (nSPS) is 22.0. The molecule has 0 spiro atoms. The second-order valence-corrected chi connectivity index (χ2v) is 3.22. The highest BCUT2D eigenvalue weighted by atomic mass is 16.6. The zero-order valence-corrected chi connectivity index (χ0v) is 7.12. The van der Waals surface area contributed by atoms with Gasteiger partial charge in [-0.1, -0.05) is 0 Å². The number of hydrogen-bond acceptors (Lipinski definition) is 3. The topological polar surface area (TPSA) is 71.0 Å². The molecule has 5 heteroatoms. The first-order valence-electron chi connectivity index (χ1n) is 4.33. The molecular weight excluding hydrogens is 170 g/mol. The molecule has 0 amide bonds. The SMILES string of the molecule is O=[N+]([O-])c1c[nH]c([C@H]2CCCN2)c1. The number of rotatable bonds is 2. The van der Waals surface area contributed by atoms with Crippen LogP contribution in [0.25, 0.3) is 0 Å². The van der Waals surface area contributed by atoms with E-state index < -0.39 is 0 Å². The third-order valence-electron chi connectivity index (χ3n) is 2.34. The van der Waals surface area contributed by atoms with Crippen LogP contribution in [-0.2, 0) is 0 Å². The molecule has 2 N–H and O–H groups in total. The van der Waals surface area contributed by atoms with E-state index in [1.165, 1.54) is 6.20 Å². The monoisotopic (exact) mass is 181 g/mol. The Kier molecular flexibility index (Phi) is 2.02. The van der Waals surface area contributed by atoms with Gasteiger partial charge in [0.05, 0.1) is 11.1 Å². The Bertz CT molecular complexity index is 315. The van der Waals surface area contributed by atoms with E-state index in [1.54, 1.807) is 6.07 Å². The molecule has 1 aliphatic heterocycles. The molecule has 0 radical (unpaired) electrons. The van der Waals surface area contributed by atoms with Crippen LogP contribution in [0.1, 0.15) is 24.6 Å². The average Bonchev–Trinajstić information content (AvgIpc) is 2.75. The Morgan fingerprint density at radius 1 is 1.62 bits per heavy atom.